The largest absolute Gasteiger partial charge is 0.355 e. The molecule has 0 radical (unpaired) electrons. The van der Waals surface area contributed by atoms with Crippen LogP contribution in [0.2, 0.25) is 0 Å². The first-order chi connectivity index (χ1) is 9.74. The number of hydrogen-bond donors (Lipinski definition) is 2. The molecule has 4 nitrogen and oxygen atoms in total. The summed E-state index contributed by atoms with van der Waals surface area (Å²) in [5, 5.41) is 3.38. The van der Waals surface area contributed by atoms with E-state index in [9.17, 15) is 8.42 Å². The van der Waals surface area contributed by atoms with Crippen molar-refractivity contribution >= 4 is 27.1 Å². The quantitative estimate of drug-likeness (QED) is 0.905. The van der Waals surface area contributed by atoms with Crippen LogP contribution in [0.5, 0.6) is 0 Å². The van der Waals surface area contributed by atoms with Gasteiger partial charge in [0.15, 0.2) is 0 Å². The second-order valence-corrected chi connectivity index (χ2v) is 7.10. The van der Waals surface area contributed by atoms with E-state index in [2.05, 4.69) is 42.9 Å². The lowest BCUT2D eigenvalue weighted by molar-refractivity contribution is 0.607. The Morgan fingerprint density at radius 1 is 0.857 bits per heavy atom. The fourth-order valence-electron chi connectivity index (χ4n) is 2.36. The summed E-state index contributed by atoms with van der Waals surface area (Å²) in [4.78, 5) is 0. The smallest absolute Gasteiger partial charge is 0.229 e. The lowest BCUT2D eigenvalue weighted by Crippen LogP contribution is -2.09. The van der Waals surface area contributed by atoms with Crippen molar-refractivity contribution in [1.82, 2.24) is 0 Å². The van der Waals surface area contributed by atoms with Crippen LogP contribution < -0.4 is 10.0 Å². The maximum absolute atomic E-state index is 11.2. The van der Waals surface area contributed by atoms with Crippen LogP contribution in [0, 0.1) is 20.8 Å². The predicted molar refractivity (Wildman–Crippen MR) is 88.8 cm³/mol. The van der Waals surface area contributed by atoms with Crippen LogP contribution in [0.15, 0.2) is 36.4 Å². The Kier molecular flexibility index (Phi) is 4.23. The number of nitrogens with one attached hydrogen (secondary N) is 2. The second kappa shape index (κ2) is 5.77. The minimum atomic E-state index is -3.24. The minimum absolute atomic E-state index is 0.556. The minimum Gasteiger partial charge on any atom is -0.355 e. The molecule has 0 aromatic heterocycles. The van der Waals surface area contributed by atoms with Crippen molar-refractivity contribution in [3.8, 4) is 0 Å². The van der Waals surface area contributed by atoms with Gasteiger partial charge in [0.25, 0.3) is 0 Å². The Hall–Kier alpha value is -2.01. The van der Waals surface area contributed by atoms with E-state index in [1.165, 1.54) is 16.7 Å². The molecule has 21 heavy (non-hydrogen) atoms. The Labute approximate surface area is 126 Å². The highest BCUT2D eigenvalue weighted by Gasteiger charge is 2.05. The molecular weight excluding hydrogens is 284 g/mol. The molecule has 0 aliphatic rings. The molecule has 0 atom stereocenters. The lowest BCUT2D eigenvalue weighted by Gasteiger charge is -2.14. The molecule has 0 spiro atoms. The summed E-state index contributed by atoms with van der Waals surface area (Å²) in [6.45, 7) is 6.22. The first-order valence-electron chi connectivity index (χ1n) is 6.67. The first-order valence-corrected chi connectivity index (χ1v) is 8.56. The zero-order valence-corrected chi connectivity index (χ0v) is 13.5. The van der Waals surface area contributed by atoms with Gasteiger partial charge >= 0.3 is 0 Å². The molecule has 0 bridgehead atoms. The van der Waals surface area contributed by atoms with E-state index in [0.29, 0.717) is 5.69 Å². The van der Waals surface area contributed by atoms with Gasteiger partial charge in [-0.1, -0.05) is 17.7 Å². The Morgan fingerprint density at radius 3 is 1.81 bits per heavy atom. The van der Waals surface area contributed by atoms with E-state index in [-0.39, 0.29) is 0 Å². The van der Waals surface area contributed by atoms with Crippen molar-refractivity contribution < 1.29 is 8.42 Å². The summed E-state index contributed by atoms with van der Waals surface area (Å²) in [6.07, 6.45) is 1.14. The molecule has 112 valence electrons. The molecule has 2 aromatic carbocycles. The van der Waals surface area contributed by atoms with Gasteiger partial charge in [-0.05, 0) is 56.2 Å². The van der Waals surface area contributed by atoms with E-state index in [0.717, 1.165) is 17.6 Å². The maximum Gasteiger partial charge on any atom is 0.229 e. The predicted octanol–water partition coefficient (Wildman–Crippen LogP) is 3.73. The SMILES string of the molecule is Cc1cc(C)c(Nc2ccc(NS(C)(=O)=O)cc2)c(C)c1. The molecule has 2 aromatic rings. The van der Waals surface area contributed by atoms with Crippen molar-refractivity contribution in [2.75, 3.05) is 16.3 Å². The average molecular weight is 304 g/mol. The number of hydrogen-bond acceptors (Lipinski definition) is 3. The van der Waals surface area contributed by atoms with Crippen LogP contribution >= 0.6 is 0 Å². The van der Waals surface area contributed by atoms with E-state index >= 15 is 0 Å². The van der Waals surface area contributed by atoms with E-state index in [4.69, 9.17) is 0 Å². The number of aryl methyl sites for hydroxylation is 3. The highest BCUT2D eigenvalue weighted by molar-refractivity contribution is 7.92. The summed E-state index contributed by atoms with van der Waals surface area (Å²) >= 11 is 0. The molecule has 0 aliphatic heterocycles. The summed E-state index contributed by atoms with van der Waals surface area (Å²) < 4.78 is 24.8. The second-order valence-electron chi connectivity index (χ2n) is 5.35. The summed E-state index contributed by atoms with van der Waals surface area (Å²) in [6, 6.07) is 11.5. The molecule has 0 heterocycles. The molecule has 2 rings (SSSR count). The molecular formula is C16H20N2O2S. The molecule has 0 saturated heterocycles. The molecule has 0 unspecified atom stereocenters. The highest BCUT2D eigenvalue weighted by Crippen LogP contribution is 2.26. The standard InChI is InChI=1S/C16H20N2O2S/c1-11-9-12(2)16(13(3)10-11)17-14-5-7-15(8-6-14)18-21(4,19)20/h5-10,17-18H,1-4H3. The normalized spacial score (nSPS) is 11.2. The molecule has 0 amide bonds. The van der Waals surface area contributed by atoms with Crippen LogP contribution in [0.3, 0.4) is 0 Å². The number of sulfonamides is 1. The van der Waals surface area contributed by atoms with Gasteiger partial charge in [0.1, 0.15) is 0 Å². The van der Waals surface area contributed by atoms with Crippen LogP contribution in [0.25, 0.3) is 0 Å². The van der Waals surface area contributed by atoms with Gasteiger partial charge in [0, 0.05) is 17.1 Å². The van der Waals surface area contributed by atoms with E-state index in [1.54, 1.807) is 12.1 Å². The van der Waals surface area contributed by atoms with Crippen molar-refractivity contribution in [1.29, 1.82) is 0 Å². The third-order valence-electron chi connectivity index (χ3n) is 3.13. The van der Waals surface area contributed by atoms with Gasteiger partial charge in [-0.25, -0.2) is 8.42 Å². The van der Waals surface area contributed by atoms with Crippen LogP contribution in [-0.2, 0) is 10.0 Å². The van der Waals surface area contributed by atoms with Gasteiger partial charge in [-0.2, -0.15) is 0 Å². The molecule has 0 aliphatic carbocycles. The highest BCUT2D eigenvalue weighted by atomic mass is 32.2. The zero-order valence-electron chi connectivity index (χ0n) is 12.7. The van der Waals surface area contributed by atoms with Crippen molar-refractivity contribution in [2.45, 2.75) is 20.8 Å². The number of anilines is 3. The Balaban J connectivity index is 2.21. The van der Waals surface area contributed by atoms with Crippen molar-refractivity contribution in [3.63, 3.8) is 0 Å². The van der Waals surface area contributed by atoms with E-state index in [1.807, 2.05) is 12.1 Å². The average Bonchev–Trinajstić information content (AvgIpc) is 2.34. The van der Waals surface area contributed by atoms with Crippen LogP contribution in [-0.4, -0.2) is 14.7 Å². The number of benzene rings is 2. The van der Waals surface area contributed by atoms with Crippen LogP contribution in [0.1, 0.15) is 16.7 Å². The van der Waals surface area contributed by atoms with Gasteiger partial charge in [0.2, 0.25) is 10.0 Å². The van der Waals surface area contributed by atoms with E-state index < -0.39 is 10.0 Å². The third kappa shape index (κ3) is 4.23. The summed E-state index contributed by atoms with van der Waals surface area (Å²) in [5.41, 5.74) is 6.17. The van der Waals surface area contributed by atoms with Crippen molar-refractivity contribution in [2.24, 2.45) is 0 Å². The van der Waals surface area contributed by atoms with Gasteiger partial charge in [-0.3, -0.25) is 4.72 Å². The molecule has 2 N–H and O–H groups in total. The zero-order chi connectivity index (χ0) is 15.6. The first kappa shape index (κ1) is 15.4. The summed E-state index contributed by atoms with van der Waals surface area (Å²) in [7, 11) is -3.24. The Bertz CT molecular complexity index is 727. The van der Waals surface area contributed by atoms with Crippen molar-refractivity contribution in [3.05, 3.63) is 53.1 Å². The lowest BCUT2D eigenvalue weighted by atomic mass is 10.0. The van der Waals surface area contributed by atoms with Gasteiger partial charge in [-0.15, -0.1) is 0 Å². The molecule has 0 saturated carbocycles. The topological polar surface area (TPSA) is 58.2 Å². The van der Waals surface area contributed by atoms with Gasteiger partial charge < -0.3 is 5.32 Å². The van der Waals surface area contributed by atoms with Gasteiger partial charge in [0.05, 0.1) is 6.26 Å². The fraction of sp³-hybridized carbons (Fsp3) is 0.250. The Morgan fingerprint density at radius 2 is 1.33 bits per heavy atom. The molecule has 0 fully saturated rings. The van der Waals surface area contributed by atoms with Crippen LogP contribution in [0.4, 0.5) is 17.1 Å². The number of rotatable bonds is 4. The maximum atomic E-state index is 11.2. The molecule has 5 heteroatoms. The summed E-state index contributed by atoms with van der Waals surface area (Å²) in [5.74, 6) is 0. The monoisotopic (exact) mass is 304 g/mol. The fourth-order valence-corrected chi connectivity index (χ4v) is 2.92. The third-order valence-corrected chi connectivity index (χ3v) is 3.74.